The van der Waals surface area contributed by atoms with Crippen LogP contribution in [0.2, 0.25) is 0 Å². The number of Topliss-reactive ketones (excluding diaryl/α,β-unsaturated/α-hetero) is 1. The number of para-hydroxylation sites is 1. The number of aryl methyl sites for hydroxylation is 1. The Morgan fingerprint density at radius 3 is 2.58 bits per heavy atom. The fourth-order valence-corrected chi connectivity index (χ4v) is 2.76. The van der Waals surface area contributed by atoms with E-state index in [1.54, 1.807) is 25.6 Å². The molecular formula is C19H19N3O2. The van der Waals surface area contributed by atoms with Gasteiger partial charge in [0.05, 0.1) is 5.56 Å². The van der Waals surface area contributed by atoms with E-state index < -0.39 is 11.7 Å². The molecule has 0 saturated heterocycles. The number of aromatic nitrogens is 2. The van der Waals surface area contributed by atoms with Gasteiger partial charge in [0.1, 0.15) is 0 Å². The number of fused-ring (bicyclic) bond motifs is 1. The van der Waals surface area contributed by atoms with Crippen molar-refractivity contribution in [3.8, 4) is 0 Å². The molecule has 0 saturated carbocycles. The minimum absolute atomic E-state index is 0.453. The van der Waals surface area contributed by atoms with Crippen LogP contribution in [0.4, 0.5) is 0 Å². The molecule has 0 aliphatic heterocycles. The van der Waals surface area contributed by atoms with Gasteiger partial charge in [-0.25, -0.2) is 0 Å². The third kappa shape index (κ3) is 3.06. The SMILES string of the molecule is CN(CCc1ccncc1)C(=O)C(=O)c1cn(C)c2ccccc12. The van der Waals surface area contributed by atoms with E-state index in [2.05, 4.69) is 4.98 Å². The molecule has 0 aliphatic rings. The summed E-state index contributed by atoms with van der Waals surface area (Å²) in [6.45, 7) is 0.485. The molecule has 122 valence electrons. The van der Waals surface area contributed by atoms with Crippen molar-refractivity contribution >= 4 is 22.6 Å². The Kier molecular flexibility index (Phi) is 4.42. The van der Waals surface area contributed by atoms with Crippen LogP contribution in [0.5, 0.6) is 0 Å². The quantitative estimate of drug-likeness (QED) is 0.536. The first-order valence-corrected chi connectivity index (χ1v) is 7.80. The molecule has 0 spiro atoms. The smallest absolute Gasteiger partial charge is 0.294 e. The topological polar surface area (TPSA) is 55.2 Å². The van der Waals surface area contributed by atoms with Crippen molar-refractivity contribution < 1.29 is 9.59 Å². The van der Waals surface area contributed by atoms with E-state index in [0.717, 1.165) is 16.5 Å². The third-order valence-electron chi connectivity index (χ3n) is 4.17. The Bertz CT molecular complexity index is 884. The summed E-state index contributed by atoms with van der Waals surface area (Å²) in [4.78, 5) is 30.5. The van der Waals surface area contributed by atoms with E-state index in [9.17, 15) is 9.59 Å². The summed E-state index contributed by atoms with van der Waals surface area (Å²) >= 11 is 0. The van der Waals surface area contributed by atoms with Gasteiger partial charge in [0.2, 0.25) is 0 Å². The molecular weight excluding hydrogens is 302 g/mol. The molecule has 2 heterocycles. The van der Waals surface area contributed by atoms with Crippen LogP contribution in [0.25, 0.3) is 10.9 Å². The Morgan fingerprint density at radius 1 is 1.12 bits per heavy atom. The van der Waals surface area contributed by atoms with Gasteiger partial charge in [0.25, 0.3) is 11.7 Å². The van der Waals surface area contributed by atoms with Gasteiger partial charge in [-0.05, 0) is 30.2 Å². The normalized spacial score (nSPS) is 10.8. The molecule has 5 nitrogen and oxygen atoms in total. The lowest BCUT2D eigenvalue weighted by Crippen LogP contribution is -2.34. The molecule has 2 aromatic heterocycles. The minimum atomic E-state index is -0.486. The molecule has 0 bridgehead atoms. The molecule has 5 heteroatoms. The lowest BCUT2D eigenvalue weighted by atomic mass is 10.1. The molecule has 0 aliphatic carbocycles. The molecule has 0 unspecified atom stereocenters. The van der Waals surface area contributed by atoms with Crippen molar-refractivity contribution in [3.05, 3.63) is 66.1 Å². The number of carbonyl (C=O) groups excluding carboxylic acids is 2. The van der Waals surface area contributed by atoms with Crippen LogP contribution in [-0.4, -0.2) is 39.7 Å². The highest BCUT2D eigenvalue weighted by atomic mass is 16.2. The summed E-state index contributed by atoms with van der Waals surface area (Å²) in [6.07, 6.45) is 5.85. The number of hydrogen-bond acceptors (Lipinski definition) is 3. The first-order valence-electron chi connectivity index (χ1n) is 7.80. The summed E-state index contributed by atoms with van der Waals surface area (Å²) in [7, 11) is 3.53. The third-order valence-corrected chi connectivity index (χ3v) is 4.17. The summed E-state index contributed by atoms with van der Waals surface area (Å²) in [5.74, 6) is -0.954. The lowest BCUT2D eigenvalue weighted by Gasteiger charge is -2.16. The van der Waals surface area contributed by atoms with Gasteiger partial charge >= 0.3 is 0 Å². The van der Waals surface area contributed by atoms with Gasteiger partial charge in [0, 0.05) is 50.1 Å². The molecule has 3 aromatic rings. The maximum Gasteiger partial charge on any atom is 0.294 e. The van der Waals surface area contributed by atoms with E-state index in [1.165, 1.54) is 4.90 Å². The van der Waals surface area contributed by atoms with Crippen molar-refractivity contribution in [2.75, 3.05) is 13.6 Å². The Hall–Kier alpha value is -2.95. The van der Waals surface area contributed by atoms with Crippen molar-refractivity contribution in [1.29, 1.82) is 0 Å². The van der Waals surface area contributed by atoms with E-state index in [0.29, 0.717) is 18.5 Å². The number of ketones is 1. The van der Waals surface area contributed by atoms with Crippen LogP contribution < -0.4 is 0 Å². The molecule has 1 aromatic carbocycles. The van der Waals surface area contributed by atoms with E-state index in [4.69, 9.17) is 0 Å². The largest absolute Gasteiger partial charge is 0.350 e. The fourth-order valence-electron chi connectivity index (χ4n) is 2.76. The predicted octanol–water partition coefficient (Wildman–Crippen LogP) is 2.46. The first kappa shape index (κ1) is 15.9. The molecule has 0 fully saturated rings. The van der Waals surface area contributed by atoms with Gasteiger partial charge in [-0.2, -0.15) is 0 Å². The van der Waals surface area contributed by atoms with E-state index in [-0.39, 0.29) is 0 Å². The number of pyridine rings is 1. The fraction of sp³-hybridized carbons (Fsp3) is 0.211. The zero-order chi connectivity index (χ0) is 17.1. The standard InChI is InChI=1S/C19H19N3O2/c1-21(12-9-14-7-10-20-11-8-14)19(24)18(23)16-13-22(2)17-6-4-3-5-15(16)17/h3-8,10-11,13H,9,12H2,1-2H3. The van der Waals surface area contributed by atoms with Crippen LogP contribution in [0, 0.1) is 0 Å². The Labute approximate surface area is 140 Å². The first-order chi connectivity index (χ1) is 11.6. The van der Waals surface area contributed by atoms with Crippen molar-refractivity contribution in [2.45, 2.75) is 6.42 Å². The number of nitrogens with zero attached hydrogens (tertiary/aromatic N) is 3. The average molecular weight is 321 g/mol. The number of benzene rings is 1. The van der Waals surface area contributed by atoms with Crippen LogP contribution in [0.3, 0.4) is 0 Å². The molecule has 0 N–H and O–H groups in total. The zero-order valence-corrected chi connectivity index (χ0v) is 13.8. The maximum atomic E-state index is 12.6. The summed E-state index contributed by atoms with van der Waals surface area (Å²) < 4.78 is 1.87. The van der Waals surface area contributed by atoms with Crippen molar-refractivity contribution in [1.82, 2.24) is 14.5 Å². The highest BCUT2D eigenvalue weighted by Crippen LogP contribution is 2.21. The van der Waals surface area contributed by atoms with Gasteiger partial charge in [-0.3, -0.25) is 14.6 Å². The zero-order valence-electron chi connectivity index (χ0n) is 13.8. The molecule has 0 radical (unpaired) electrons. The van der Waals surface area contributed by atoms with Crippen LogP contribution in [0.15, 0.2) is 55.0 Å². The van der Waals surface area contributed by atoms with Crippen molar-refractivity contribution in [2.24, 2.45) is 7.05 Å². The second-order valence-electron chi connectivity index (χ2n) is 5.83. The summed E-state index contributed by atoms with van der Waals surface area (Å²) in [5, 5.41) is 0.806. The highest BCUT2D eigenvalue weighted by Gasteiger charge is 2.23. The Morgan fingerprint density at radius 2 is 1.83 bits per heavy atom. The van der Waals surface area contributed by atoms with Crippen LogP contribution in [0.1, 0.15) is 15.9 Å². The molecule has 1 amide bonds. The molecule has 0 atom stereocenters. The van der Waals surface area contributed by atoms with Crippen LogP contribution >= 0.6 is 0 Å². The maximum absolute atomic E-state index is 12.6. The monoisotopic (exact) mass is 321 g/mol. The number of rotatable bonds is 5. The second-order valence-corrected chi connectivity index (χ2v) is 5.83. The van der Waals surface area contributed by atoms with Gasteiger partial charge < -0.3 is 9.47 Å². The second kappa shape index (κ2) is 6.66. The van der Waals surface area contributed by atoms with E-state index >= 15 is 0 Å². The number of carbonyl (C=O) groups is 2. The van der Waals surface area contributed by atoms with Crippen molar-refractivity contribution in [3.63, 3.8) is 0 Å². The van der Waals surface area contributed by atoms with Crippen LogP contribution in [-0.2, 0) is 18.3 Å². The predicted molar refractivity (Wildman–Crippen MR) is 92.8 cm³/mol. The average Bonchev–Trinajstić information content (AvgIpc) is 2.96. The highest BCUT2D eigenvalue weighted by molar-refractivity contribution is 6.44. The molecule has 24 heavy (non-hydrogen) atoms. The van der Waals surface area contributed by atoms with E-state index in [1.807, 2.05) is 48.0 Å². The summed E-state index contributed by atoms with van der Waals surface area (Å²) in [5.41, 5.74) is 2.48. The van der Waals surface area contributed by atoms with Gasteiger partial charge in [-0.1, -0.05) is 18.2 Å². The van der Waals surface area contributed by atoms with Gasteiger partial charge in [-0.15, -0.1) is 0 Å². The number of likely N-dealkylation sites (N-methyl/N-ethyl adjacent to an activating group) is 1. The summed E-state index contributed by atoms with van der Waals surface area (Å²) in [6, 6.07) is 11.4. The molecule has 3 rings (SSSR count). The number of amides is 1. The minimum Gasteiger partial charge on any atom is -0.350 e. The Balaban J connectivity index is 1.75. The number of hydrogen-bond donors (Lipinski definition) is 0. The van der Waals surface area contributed by atoms with Gasteiger partial charge in [0.15, 0.2) is 0 Å². The lowest BCUT2D eigenvalue weighted by molar-refractivity contribution is -0.125.